The van der Waals surface area contributed by atoms with E-state index >= 15 is 0 Å². The molecular formula is C9H13N3S. The normalized spacial score (nSPS) is 22.8. The number of nitrogens with one attached hydrogen (secondary N) is 1. The molecule has 4 heteroatoms. The van der Waals surface area contributed by atoms with Crippen molar-refractivity contribution < 1.29 is 0 Å². The molecule has 0 bridgehead atoms. The van der Waals surface area contributed by atoms with Crippen molar-refractivity contribution in [3.05, 3.63) is 5.01 Å². The molecule has 3 nitrogen and oxygen atoms in total. The monoisotopic (exact) mass is 195 g/mol. The summed E-state index contributed by atoms with van der Waals surface area (Å²) in [7, 11) is 0. The highest BCUT2D eigenvalue weighted by Crippen LogP contribution is 2.39. The third kappa shape index (κ3) is 1.55. The Labute approximate surface area is 81.6 Å². The molecule has 2 aliphatic rings. The topological polar surface area (TPSA) is 37.8 Å². The van der Waals surface area contributed by atoms with E-state index in [9.17, 15) is 0 Å². The quantitative estimate of drug-likeness (QED) is 0.804. The first-order valence-electron chi connectivity index (χ1n) is 5.02. The van der Waals surface area contributed by atoms with Gasteiger partial charge in [0, 0.05) is 12.0 Å². The second-order valence-corrected chi connectivity index (χ2v) is 5.00. The maximum atomic E-state index is 4.23. The van der Waals surface area contributed by atoms with Crippen LogP contribution >= 0.6 is 11.3 Å². The van der Waals surface area contributed by atoms with E-state index in [1.165, 1.54) is 37.1 Å². The fourth-order valence-corrected chi connectivity index (χ4v) is 2.50. The molecule has 0 aliphatic heterocycles. The Balaban J connectivity index is 1.69. The van der Waals surface area contributed by atoms with Gasteiger partial charge in [-0.15, -0.1) is 10.2 Å². The minimum atomic E-state index is 0.696. The summed E-state index contributed by atoms with van der Waals surface area (Å²) in [6, 6.07) is 0.696. The van der Waals surface area contributed by atoms with Crippen molar-refractivity contribution in [2.75, 3.05) is 5.32 Å². The number of anilines is 1. The summed E-state index contributed by atoms with van der Waals surface area (Å²) >= 11 is 1.75. The van der Waals surface area contributed by atoms with Gasteiger partial charge in [0.05, 0.1) is 0 Å². The summed E-state index contributed by atoms with van der Waals surface area (Å²) in [5, 5.41) is 14.0. The lowest BCUT2D eigenvalue weighted by Gasteiger charge is -2.21. The van der Waals surface area contributed by atoms with Gasteiger partial charge < -0.3 is 5.32 Å². The van der Waals surface area contributed by atoms with Crippen molar-refractivity contribution in [3.8, 4) is 0 Å². The van der Waals surface area contributed by atoms with Gasteiger partial charge in [-0.05, 0) is 25.7 Å². The average molecular weight is 195 g/mol. The van der Waals surface area contributed by atoms with E-state index < -0.39 is 0 Å². The van der Waals surface area contributed by atoms with Crippen LogP contribution in [0.2, 0.25) is 0 Å². The maximum Gasteiger partial charge on any atom is 0.205 e. The average Bonchev–Trinajstić information content (AvgIpc) is 2.69. The summed E-state index contributed by atoms with van der Waals surface area (Å²) < 4.78 is 0. The summed E-state index contributed by atoms with van der Waals surface area (Å²) in [5.41, 5.74) is 0. The van der Waals surface area contributed by atoms with Gasteiger partial charge in [0.2, 0.25) is 5.13 Å². The van der Waals surface area contributed by atoms with E-state index in [2.05, 4.69) is 15.5 Å². The van der Waals surface area contributed by atoms with E-state index in [0.717, 1.165) is 11.0 Å². The molecule has 13 heavy (non-hydrogen) atoms. The van der Waals surface area contributed by atoms with Crippen LogP contribution in [0.4, 0.5) is 5.13 Å². The highest BCUT2D eigenvalue weighted by atomic mass is 32.1. The molecule has 0 atom stereocenters. The molecule has 2 fully saturated rings. The summed E-state index contributed by atoms with van der Waals surface area (Å²) in [6.07, 6.45) is 6.61. The Morgan fingerprint density at radius 3 is 2.62 bits per heavy atom. The lowest BCUT2D eigenvalue weighted by Crippen LogP contribution is -2.07. The molecule has 0 saturated heterocycles. The van der Waals surface area contributed by atoms with Gasteiger partial charge in [0.1, 0.15) is 5.01 Å². The number of rotatable bonds is 3. The van der Waals surface area contributed by atoms with Gasteiger partial charge >= 0.3 is 0 Å². The van der Waals surface area contributed by atoms with Gasteiger partial charge in [0.15, 0.2) is 0 Å². The first kappa shape index (κ1) is 7.74. The molecule has 1 heterocycles. The molecule has 2 saturated carbocycles. The molecular weight excluding hydrogens is 182 g/mol. The van der Waals surface area contributed by atoms with Crippen LogP contribution in [0.1, 0.15) is 43.0 Å². The molecule has 0 spiro atoms. The maximum absolute atomic E-state index is 4.23. The summed E-state index contributed by atoms with van der Waals surface area (Å²) in [6.45, 7) is 0. The lowest BCUT2D eigenvalue weighted by atomic mass is 9.86. The standard InChI is InChI=1S/C9H13N3S/c1-2-6(3-1)8-11-12-9(13-8)10-7-4-5-7/h6-7H,1-5H2,(H,10,12). The Bertz CT molecular complexity index is 302. The van der Waals surface area contributed by atoms with Gasteiger partial charge in [-0.25, -0.2) is 0 Å². The predicted molar refractivity (Wildman–Crippen MR) is 53.1 cm³/mol. The van der Waals surface area contributed by atoms with E-state index in [4.69, 9.17) is 0 Å². The lowest BCUT2D eigenvalue weighted by molar-refractivity contribution is 0.416. The van der Waals surface area contributed by atoms with Crippen LogP contribution in [0.3, 0.4) is 0 Å². The highest BCUT2D eigenvalue weighted by Gasteiger charge is 2.26. The van der Waals surface area contributed by atoms with E-state index in [1.54, 1.807) is 11.3 Å². The Hall–Kier alpha value is -0.640. The van der Waals surface area contributed by atoms with Gasteiger partial charge in [-0.3, -0.25) is 0 Å². The molecule has 0 aromatic carbocycles. The van der Waals surface area contributed by atoms with Crippen molar-refractivity contribution in [2.24, 2.45) is 0 Å². The van der Waals surface area contributed by atoms with E-state index in [-0.39, 0.29) is 0 Å². The number of hydrogen-bond acceptors (Lipinski definition) is 4. The summed E-state index contributed by atoms with van der Waals surface area (Å²) in [5.74, 6) is 0.729. The minimum Gasteiger partial charge on any atom is -0.357 e. The molecule has 70 valence electrons. The van der Waals surface area contributed by atoms with Gasteiger partial charge in [0.25, 0.3) is 0 Å². The van der Waals surface area contributed by atoms with Crippen molar-refractivity contribution in [3.63, 3.8) is 0 Å². The third-order valence-corrected chi connectivity index (χ3v) is 3.82. The molecule has 1 aromatic rings. The predicted octanol–water partition coefficient (Wildman–Crippen LogP) is 2.38. The molecule has 0 radical (unpaired) electrons. The van der Waals surface area contributed by atoms with Gasteiger partial charge in [-0.2, -0.15) is 0 Å². The van der Waals surface area contributed by atoms with Gasteiger partial charge in [-0.1, -0.05) is 17.8 Å². The Kier molecular flexibility index (Phi) is 1.75. The molecule has 0 unspecified atom stereocenters. The molecule has 2 aliphatic carbocycles. The van der Waals surface area contributed by atoms with Crippen LogP contribution in [-0.4, -0.2) is 16.2 Å². The van der Waals surface area contributed by atoms with E-state index in [0.29, 0.717) is 6.04 Å². The van der Waals surface area contributed by atoms with Crippen LogP contribution in [0.15, 0.2) is 0 Å². The van der Waals surface area contributed by atoms with Crippen LogP contribution in [0.25, 0.3) is 0 Å². The van der Waals surface area contributed by atoms with E-state index in [1.807, 2.05) is 0 Å². The Morgan fingerprint density at radius 1 is 1.15 bits per heavy atom. The van der Waals surface area contributed by atoms with Crippen LogP contribution in [0, 0.1) is 0 Å². The molecule has 0 amide bonds. The van der Waals surface area contributed by atoms with Crippen LogP contribution in [0.5, 0.6) is 0 Å². The number of hydrogen-bond donors (Lipinski definition) is 1. The molecule has 1 N–H and O–H groups in total. The molecule has 3 rings (SSSR count). The number of nitrogens with zero attached hydrogens (tertiary/aromatic N) is 2. The fraction of sp³-hybridized carbons (Fsp3) is 0.778. The van der Waals surface area contributed by atoms with Crippen molar-refractivity contribution in [1.82, 2.24) is 10.2 Å². The number of aromatic nitrogens is 2. The van der Waals surface area contributed by atoms with Crippen molar-refractivity contribution in [1.29, 1.82) is 0 Å². The van der Waals surface area contributed by atoms with Crippen LogP contribution < -0.4 is 5.32 Å². The zero-order valence-corrected chi connectivity index (χ0v) is 8.31. The first-order valence-corrected chi connectivity index (χ1v) is 5.83. The zero-order chi connectivity index (χ0) is 8.67. The fourth-order valence-electron chi connectivity index (χ4n) is 1.52. The SMILES string of the molecule is C1CC(c2nnc(NC3CC3)s2)C1. The second-order valence-electron chi connectivity index (χ2n) is 3.99. The largest absolute Gasteiger partial charge is 0.357 e. The van der Waals surface area contributed by atoms with Crippen LogP contribution in [-0.2, 0) is 0 Å². The third-order valence-electron chi connectivity index (χ3n) is 2.80. The second kappa shape index (κ2) is 2.94. The highest BCUT2D eigenvalue weighted by molar-refractivity contribution is 7.15. The molecule has 1 aromatic heterocycles. The zero-order valence-electron chi connectivity index (χ0n) is 7.49. The first-order chi connectivity index (χ1) is 6.42. The van der Waals surface area contributed by atoms with Crippen molar-refractivity contribution in [2.45, 2.75) is 44.1 Å². The van der Waals surface area contributed by atoms with Crippen molar-refractivity contribution >= 4 is 16.5 Å². The summed E-state index contributed by atoms with van der Waals surface area (Å²) in [4.78, 5) is 0. The minimum absolute atomic E-state index is 0.696. The Morgan fingerprint density at radius 2 is 2.00 bits per heavy atom. The smallest absolute Gasteiger partial charge is 0.205 e.